The minimum atomic E-state index is -0.653. The van der Waals surface area contributed by atoms with Gasteiger partial charge in [0, 0.05) is 24.5 Å². The lowest BCUT2D eigenvalue weighted by molar-refractivity contribution is 0.101. The van der Waals surface area contributed by atoms with Gasteiger partial charge >= 0.3 is 0 Å². The van der Waals surface area contributed by atoms with Crippen molar-refractivity contribution in [1.82, 2.24) is 14.8 Å². The largest absolute Gasteiger partial charge is 0.321 e. The number of hydrogen-bond donors (Lipinski definition) is 1. The van der Waals surface area contributed by atoms with E-state index in [4.69, 9.17) is 0 Å². The van der Waals surface area contributed by atoms with E-state index >= 15 is 0 Å². The molecule has 1 saturated carbocycles. The number of halogens is 1. The number of nitrogens with zero attached hydrogens (tertiary/aromatic N) is 3. The second-order valence-corrected chi connectivity index (χ2v) is 6.28. The molecule has 0 atom stereocenters. The van der Waals surface area contributed by atoms with E-state index in [9.17, 15) is 9.18 Å². The first-order valence-electron chi connectivity index (χ1n) is 8.17. The van der Waals surface area contributed by atoms with Crippen LogP contribution < -0.4 is 5.32 Å². The predicted molar refractivity (Wildman–Crippen MR) is 92.8 cm³/mol. The van der Waals surface area contributed by atoms with Crippen molar-refractivity contribution in [2.75, 3.05) is 5.32 Å². The summed E-state index contributed by atoms with van der Waals surface area (Å²) in [5, 5.41) is 6.77. The minimum absolute atomic E-state index is 0.229. The molecule has 1 aliphatic carbocycles. The van der Waals surface area contributed by atoms with E-state index in [0.29, 0.717) is 17.3 Å². The molecule has 2 aromatic heterocycles. The molecule has 0 spiro atoms. The van der Waals surface area contributed by atoms with Crippen LogP contribution in [0.3, 0.4) is 0 Å². The van der Waals surface area contributed by atoms with E-state index in [1.165, 1.54) is 30.5 Å². The molecule has 3 aromatic rings. The zero-order valence-corrected chi connectivity index (χ0v) is 13.7. The number of carbonyl (C=O) groups excluding carboxylic acids is 1. The average molecular weight is 336 g/mol. The summed E-state index contributed by atoms with van der Waals surface area (Å²) < 4.78 is 15.7. The first-order chi connectivity index (χ1) is 12.1. The fourth-order valence-corrected chi connectivity index (χ4v) is 2.76. The summed E-state index contributed by atoms with van der Waals surface area (Å²) in [7, 11) is 1.78. The molecule has 1 aromatic carbocycles. The van der Waals surface area contributed by atoms with Gasteiger partial charge in [-0.15, -0.1) is 0 Å². The monoisotopic (exact) mass is 336 g/mol. The lowest BCUT2D eigenvalue weighted by Crippen LogP contribution is -2.16. The molecule has 1 aliphatic rings. The summed E-state index contributed by atoms with van der Waals surface area (Å²) in [6, 6.07) is 10.5. The second-order valence-electron chi connectivity index (χ2n) is 6.28. The molecule has 6 heteroatoms. The van der Waals surface area contributed by atoms with Crippen molar-refractivity contribution in [3.05, 3.63) is 65.9 Å². The first-order valence-corrected chi connectivity index (χ1v) is 8.17. The van der Waals surface area contributed by atoms with Gasteiger partial charge in [0.15, 0.2) is 11.5 Å². The molecule has 0 unspecified atom stereocenters. The highest BCUT2D eigenvalue weighted by Gasteiger charge is 2.23. The topological polar surface area (TPSA) is 59.8 Å². The Labute approximate surface area is 144 Å². The molecule has 5 nitrogen and oxygen atoms in total. The van der Waals surface area contributed by atoms with Crippen LogP contribution in [-0.4, -0.2) is 20.7 Å². The van der Waals surface area contributed by atoms with Gasteiger partial charge in [-0.1, -0.05) is 12.1 Å². The van der Waals surface area contributed by atoms with Crippen LogP contribution in [0.5, 0.6) is 0 Å². The number of hydrogen-bond acceptors (Lipinski definition) is 3. The van der Waals surface area contributed by atoms with Gasteiger partial charge in [0.2, 0.25) is 0 Å². The standard InChI is InChI=1S/C19H17FN4O/c1-24-11-14(10-21-24)17-9-8-16(20)18(23-17)19(25)22-15-6-4-13(5-7-15)12-2-3-12/h4-12H,2-3H2,1H3,(H,22,25). The molecule has 0 aliphatic heterocycles. The van der Waals surface area contributed by atoms with Gasteiger partial charge in [0.25, 0.3) is 5.91 Å². The van der Waals surface area contributed by atoms with E-state index in [-0.39, 0.29) is 5.69 Å². The Balaban J connectivity index is 1.56. The summed E-state index contributed by atoms with van der Waals surface area (Å²) in [5.74, 6) is -0.567. The zero-order valence-electron chi connectivity index (χ0n) is 13.7. The second kappa shape index (κ2) is 6.12. The van der Waals surface area contributed by atoms with E-state index in [1.54, 1.807) is 24.1 Å². The molecule has 1 fully saturated rings. The lowest BCUT2D eigenvalue weighted by atomic mass is 10.1. The maximum absolute atomic E-state index is 14.1. The van der Waals surface area contributed by atoms with E-state index in [0.717, 1.165) is 5.56 Å². The normalized spacial score (nSPS) is 13.7. The molecule has 4 rings (SSSR count). The summed E-state index contributed by atoms with van der Waals surface area (Å²) in [6.45, 7) is 0. The van der Waals surface area contributed by atoms with Gasteiger partial charge in [-0.2, -0.15) is 5.10 Å². The Morgan fingerprint density at radius 2 is 1.96 bits per heavy atom. The van der Waals surface area contributed by atoms with Crippen molar-refractivity contribution in [3.63, 3.8) is 0 Å². The molecule has 0 radical (unpaired) electrons. The predicted octanol–water partition coefficient (Wildman–Crippen LogP) is 3.75. The quantitative estimate of drug-likeness (QED) is 0.789. The molecule has 2 heterocycles. The van der Waals surface area contributed by atoms with Crippen LogP contribution in [0.4, 0.5) is 10.1 Å². The van der Waals surface area contributed by atoms with Crippen molar-refractivity contribution >= 4 is 11.6 Å². The third-order valence-corrected chi connectivity index (χ3v) is 4.28. The number of rotatable bonds is 4. The van der Waals surface area contributed by atoms with Gasteiger partial charge in [-0.3, -0.25) is 9.48 Å². The van der Waals surface area contributed by atoms with Gasteiger partial charge in [-0.05, 0) is 48.6 Å². The van der Waals surface area contributed by atoms with E-state index in [2.05, 4.69) is 15.4 Å². The highest BCUT2D eigenvalue weighted by Crippen LogP contribution is 2.40. The highest BCUT2D eigenvalue weighted by atomic mass is 19.1. The number of nitrogens with one attached hydrogen (secondary N) is 1. The molecular weight excluding hydrogens is 319 g/mol. The average Bonchev–Trinajstić information content (AvgIpc) is 3.37. The van der Waals surface area contributed by atoms with Crippen LogP contribution in [0.15, 0.2) is 48.8 Å². The van der Waals surface area contributed by atoms with Gasteiger partial charge in [0.1, 0.15) is 0 Å². The van der Waals surface area contributed by atoms with Crippen molar-refractivity contribution in [2.45, 2.75) is 18.8 Å². The Morgan fingerprint density at radius 3 is 2.60 bits per heavy atom. The smallest absolute Gasteiger partial charge is 0.277 e. The SMILES string of the molecule is Cn1cc(-c2ccc(F)c(C(=O)Nc3ccc(C4CC4)cc3)n2)cn1. The molecule has 0 bridgehead atoms. The van der Waals surface area contributed by atoms with Crippen molar-refractivity contribution in [1.29, 1.82) is 0 Å². The number of pyridine rings is 1. The van der Waals surface area contributed by atoms with Crippen LogP contribution in [0.25, 0.3) is 11.3 Å². The van der Waals surface area contributed by atoms with Crippen LogP contribution in [0.1, 0.15) is 34.8 Å². The minimum Gasteiger partial charge on any atom is -0.321 e. The first kappa shape index (κ1) is 15.5. The van der Waals surface area contributed by atoms with E-state index < -0.39 is 11.7 Å². The van der Waals surface area contributed by atoms with Crippen molar-refractivity contribution in [2.24, 2.45) is 7.05 Å². The fourth-order valence-electron chi connectivity index (χ4n) is 2.76. The van der Waals surface area contributed by atoms with Crippen LogP contribution in [-0.2, 0) is 7.05 Å². The van der Waals surface area contributed by atoms with Gasteiger partial charge in [-0.25, -0.2) is 9.37 Å². The molecule has 1 amide bonds. The third kappa shape index (κ3) is 3.28. The number of benzene rings is 1. The molecular formula is C19H17FN4O. The van der Waals surface area contributed by atoms with E-state index in [1.807, 2.05) is 24.3 Å². The number of carbonyl (C=O) groups is 1. The number of anilines is 1. The Kier molecular flexibility index (Phi) is 3.80. The number of amides is 1. The Bertz CT molecular complexity index is 929. The van der Waals surface area contributed by atoms with Gasteiger partial charge in [0.05, 0.1) is 11.9 Å². The van der Waals surface area contributed by atoms with Crippen molar-refractivity contribution < 1.29 is 9.18 Å². The molecule has 126 valence electrons. The summed E-state index contributed by atoms with van der Waals surface area (Å²) in [6.07, 6.45) is 5.83. The summed E-state index contributed by atoms with van der Waals surface area (Å²) in [4.78, 5) is 16.6. The van der Waals surface area contributed by atoms with Crippen LogP contribution >= 0.6 is 0 Å². The number of aromatic nitrogens is 3. The van der Waals surface area contributed by atoms with Crippen molar-refractivity contribution in [3.8, 4) is 11.3 Å². The third-order valence-electron chi connectivity index (χ3n) is 4.28. The summed E-state index contributed by atoms with van der Waals surface area (Å²) in [5.41, 5.74) is 2.91. The number of aryl methyl sites for hydroxylation is 1. The maximum Gasteiger partial charge on any atom is 0.277 e. The zero-order chi connectivity index (χ0) is 17.4. The van der Waals surface area contributed by atoms with Crippen LogP contribution in [0.2, 0.25) is 0 Å². The Hall–Kier alpha value is -3.02. The molecule has 0 saturated heterocycles. The molecule has 1 N–H and O–H groups in total. The van der Waals surface area contributed by atoms with Gasteiger partial charge < -0.3 is 5.32 Å². The maximum atomic E-state index is 14.1. The fraction of sp³-hybridized carbons (Fsp3) is 0.211. The Morgan fingerprint density at radius 1 is 1.20 bits per heavy atom. The lowest BCUT2D eigenvalue weighted by Gasteiger charge is -2.08. The summed E-state index contributed by atoms with van der Waals surface area (Å²) >= 11 is 0. The molecule has 25 heavy (non-hydrogen) atoms. The van der Waals surface area contributed by atoms with Crippen LogP contribution in [0, 0.1) is 5.82 Å². The highest BCUT2D eigenvalue weighted by molar-refractivity contribution is 6.03.